The van der Waals surface area contributed by atoms with Crippen LogP contribution in [0, 0.1) is 6.92 Å². The van der Waals surface area contributed by atoms with Crippen molar-refractivity contribution >= 4 is 17.6 Å². The smallest absolute Gasteiger partial charge is 0.194 e. The summed E-state index contributed by atoms with van der Waals surface area (Å²) in [7, 11) is 1.98. The van der Waals surface area contributed by atoms with Crippen molar-refractivity contribution in [3.63, 3.8) is 0 Å². The number of hydrogen-bond acceptors (Lipinski definition) is 5. The van der Waals surface area contributed by atoms with Gasteiger partial charge in [0.05, 0.1) is 0 Å². The average Bonchev–Trinajstić information content (AvgIpc) is 3.10. The summed E-state index contributed by atoms with van der Waals surface area (Å²) in [5.41, 5.74) is 0. The van der Waals surface area contributed by atoms with Crippen LogP contribution in [0.3, 0.4) is 0 Å². The van der Waals surface area contributed by atoms with Crippen molar-refractivity contribution in [3.05, 3.63) is 40.9 Å². The number of aromatic nitrogens is 3. The van der Waals surface area contributed by atoms with Gasteiger partial charge in [-0.05, 0) is 37.6 Å². The molecule has 9 heteroatoms. The van der Waals surface area contributed by atoms with E-state index < -0.39 is 0 Å². The maximum Gasteiger partial charge on any atom is 0.194 e. The molecule has 0 bridgehead atoms. The lowest BCUT2D eigenvalue weighted by atomic mass is 10.3. The van der Waals surface area contributed by atoms with Crippen molar-refractivity contribution < 1.29 is 4.74 Å². The maximum atomic E-state index is 5.92. The highest BCUT2D eigenvalue weighted by Gasteiger charge is 2.20. The molecule has 1 fully saturated rings. The van der Waals surface area contributed by atoms with Gasteiger partial charge in [0.1, 0.15) is 24.7 Å². The second-order valence-corrected chi connectivity index (χ2v) is 8.21. The molecule has 8 nitrogen and oxygen atoms in total. The summed E-state index contributed by atoms with van der Waals surface area (Å²) in [5, 5.41) is 12.6. The van der Waals surface area contributed by atoms with Gasteiger partial charge in [-0.2, -0.15) is 0 Å². The molecule has 1 aromatic carbocycles. The highest BCUT2D eigenvalue weighted by Crippen LogP contribution is 2.15. The minimum atomic E-state index is 0.529. The highest BCUT2D eigenvalue weighted by molar-refractivity contribution is 6.30. The zero-order valence-corrected chi connectivity index (χ0v) is 19.6. The Morgan fingerprint density at radius 1 is 1.16 bits per heavy atom. The zero-order valence-electron chi connectivity index (χ0n) is 18.8. The molecule has 1 aliphatic heterocycles. The van der Waals surface area contributed by atoms with Gasteiger partial charge < -0.3 is 19.5 Å². The van der Waals surface area contributed by atoms with E-state index in [0.717, 1.165) is 80.5 Å². The topological polar surface area (TPSA) is 70.8 Å². The summed E-state index contributed by atoms with van der Waals surface area (Å²) >= 11 is 5.92. The van der Waals surface area contributed by atoms with Gasteiger partial charge in [-0.3, -0.25) is 4.90 Å². The van der Waals surface area contributed by atoms with Crippen LogP contribution in [-0.4, -0.2) is 76.4 Å². The lowest BCUT2D eigenvalue weighted by Gasteiger charge is -2.36. The molecule has 3 rings (SSSR count). The molecule has 1 N–H and O–H groups in total. The first-order chi connectivity index (χ1) is 15.1. The number of aryl methyl sites for hydroxylation is 1. The lowest BCUT2D eigenvalue weighted by Crippen LogP contribution is -2.53. The standard InChI is InChI=1S/C22H34ClN7O/c1-4-5-10-24-22(25-17-21-27-26-18(2)28(21)3)30-13-11-29(12-14-30)15-16-31-20-8-6-19(23)7-9-20/h6-9H,4-5,10-17H2,1-3H3,(H,24,25). The molecule has 0 amide bonds. The van der Waals surface area contributed by atoms with Crippen LogP contribution in [0.1, 0.15) is 31.4 Å². The van der Waals surface area contributed by atoms with Crippen LogP contribution in [-0.2, 0) is 13.6 Å². The molecular weight excluding hydrogens is 414 g/mol. The molecule has 2 aromatic rings. The van der Waals surface area contributed by atoms with E-state index in [2.05, 4.69) is 32.2 Å². The van der Waals surface area contributed by atoms with E-state index in [4.69, 9.17) is 21.3 Å². The van der Waals surface area contributed by atoms with Gasteiger partial charge in [0.25, 0.3) is 0 Å². The fourth-order valence-electron chi connectivity index (χ4n) is 3.39. The van der Waals surface area contributed by atoms with Crippen molar-refractivity contribution in [2.75, 3.05) is 45.9 Å². The highest BCUT2D eigenvalue weighted by atomic mass is 35.5. The number of unbranched alkanes of at least 4 members (excludes halogenated alkanes) is 1. The molecule has 0 saturated carbocycles. The predicted octanol–water partition coefficient (Wildman–Crippen LogP) is 2.72. The molecule has 0 aliphatic carbocycles. The third-order valence-corrected chi connectivity index (χ3v) is 5.78. The summed E-state index contributed by atoms with van der Waals surface area (Å²) < 4.78 is 7.83. The molecular formula is C22H34ClN7O. The summed E-state index contributed by atoms with van der Waals surface area (Å²) in [5.74, 6) is 3.60. The van der Waals surface area contributed by atoms with Crippen molar-refractivity contribution in [1.29, 1.82) is 0 Å². The van der Waals surface area contributed by atoms with E-state index in [-0.39, 0.29) is 0 Å². The van der Waals surface area contributed by atoms with E-state index in [1.807, 2.05) is 42.8 Å². The fraction of sp³-hybridized carbons (Fsp3) is 0.591. The molecule has 170 valence electrons. The van der Waals surface area contributed by atoms with Crippen molar-refractivity contribution in [3.8, 4) is 5.75 Å². The van der Waals surface area contributed by atoms with Crippen LogP contribution in [0.5, 0.6) is 5.75 Å². The molecule has 0 unspecified atom stereocenters. The second-order valence-electron chi connectivity index (χ2n) is 7.77. The summed E-state index contributed by atoms with van der Waals surface area (Å²) in [6.45, 7) is 11.1. The van der Waals surface area contributed by atoms with E-state index in [0.29, 0.717) is 13.2 Å². The number of nitrogens with zero attached hydrogens (tertiary/aromatic N) is 6. The van der Waals surface area contributed by atoms with Crippen LogP contribution in [0.2, 0.25) is 5.02 Å². The Hall–Kier alpha value is -2.32. The van der Waals surface area contributed by atoms with Gasteiger partial charge in [0.15, 0.2) is 11.8 Å². The fourth-order valence-corrected chi connectivity index (χ4v) is 3.51. The van der Waals surface area contributed by atoms with Gasteiger partial charge in [-0.15, -0.1) is 10.2 Å². The van der Waals surface area contributed by atoms with Crippen molar-refractivity contribution in [2.24, 2.45) is 12.0 Å². The Bertz CT molecular complexity index is 829. The van der Waals surface area contributed by atoms with E-state index >= 15 is 0 Å². The second kappa shape index (κ2) is 11.9. The quantitative estimate of drug-likeness (QED) is 0.362. The molecule has 1 aromatic heterocycles. The molecule has 31 heavy (non-hydrogen) atoms. The number of aliphatic imine (C=N–C) groups is 1. The number of guanidine groups is 1. The lowest BCUT2D eigenvalue weighted by molar-refractivity contribution is 0.152. The summed E-state index contributed by atoms with van der Waals surface area (Å²) in [6.07, 6.45) is 2.29. The van der Waals surface area contributed by atoms with Crippen LogP contribution in [0.25, 0.3) is 0 Å². The number of halogens is 1. The Kier molecular flexibility index (Phi) is 8.97. The van der Waals surface area contributed by atoms with Gasteiger partial charge in [-0.1, -0.05) is 24.9 Å². The molecule has 0 radical (unpaired) electrons. The van der Waals surface area contributed by atoms with Gasteiger partial charge >= 0.3 is 0 Å². The molecule has 2 heterocycles. The number of hydrogen-bond donors (Lipinski definition) is 1. The van der Waals surface area contributed by atoms with Crippen LogP contribution in [0.4, 0.5) is 0 Å². The Balaban J connectivity index is 1.48. The van der Waals surface area contributed by atoms with Crippen molar-refractivity contribution in [2.45, 2.75) is 33.2 Å². The largest absolute Gasteiger partial charge is 0.492 e. The Labute approximate surface area is 190 Å². The number of nitrogens with one attached hydrogen (secondary N) is 1. The number of benzene rings is 1. The Morgan fingerprint density at radius 2 is 1.90 bits per heavy atom. The van der Waals surface area contributed by atoms with Crippen LogP contribution in [0.15, 0.2) is 29.3 Å². The first-order valence-electron chi connectivity index (χ1n) is 11.1. The number of piperazine rings is 1. The zero-order chi connectivity index (χ0) is 22.1. The Morgan fingerprint density at radius 3 is 2.55 bits per heavy atom. The van der Waals surface area contributed by atoms with Crippen LogP contribution < -0.4 is 10.1 Å². The average molecular weight is 448 g/mol. The van der Waals surface area contributed by atoms with Gasteiger partial charge in [0.2, 0.25) is 0 Å². The molecule has 0 atom stereocenters. The first kappa shape index (κ1) is 23.3. The SMILES string of the molecule is CCCCNC(=NCc1nnc(C)n1C)N1CCN(CCOc2ccc(Cl)cc2)CC1. The minimum Gasteiger partial charge on any atom is -0.492 e. The predicted molar refractivity (Wildman–Crippen MR) is 125 cm³/mol. The molecule has 0 spiro atoms. The summed E-state index contributed by atoms with van der Waals surface area (Å²) in [6, 6.07) is 7.52. The minimum absolute atomic E-state index is 0.529. The number of rotatable bonds is 9. The normalized spacial score (nSPS) is 15.4. The van der Waals surface area contributed by atoms with Crippen LogP contribution >= 0.6 is 11.6 Å². The van der Waals surface area contributed by atoms with E-state index in [1.54, 1.807) is 0 Å². The van der Waals surface area contributed by atoms with E-state index in [9.17, 15) is 0 Å². The third kappa shape index (κ3) is 7.11. The first-order valence-corrected chi connectivity index (χ1v) is 11.4. The third-order valence-electron chi connectivity index (χ3n) is 5.53. The van der Waals surface area contributed by atoms with Gasteiger partial charge in [0, 0.05) is 51.3 Å². The van der Waals surface area contributed by atoms with E-state index in [1.165, 1.54) is 0 Å². The van der Waals surface area contributed by atoms with Gasteiger partial charge in [-0.25, -0.2) is 4.99 Å². The number of ether oxygens (including phenoxy) is 1. The van der Waals surface area contributed by atoms with Crippen molar-refractivity contribution in [1.82, 2.24) is 29.9 Å². The maximum absolute atomic E-state index is 5.92. The molecule has 1 aliphatic rings. The molecule has 1 saturated heterocycles. The summed E-state index contributed by atoms with van der Waals surface area (Å²) in [4.78, 5) is 9.63. The monoisotopic (exact) mass is 447 g/mol.